The minimum Gasteiger partial charge on any atom is -0.461 e. The first kappa shape index (κ1) is 13.6. The standard InChI is InChI=1S/C12H18O3/c1-3-5-6-7-8-11(13)10-12(14)15-9-4-2/h4,7-8H,2-3,5-6,9-10H2,1H3/b8-7+. The molecule has 0 fully saturated rings. The van der Waals surface area contributed by atoms with Crippen molar-refractivity contribution in [1.29, 1.82) is 0 Å². The maximum Gasteiger partial charge on any atom is 0.313 e. The van der Waals surface area contributed by atoms with Gasteiger partial charge >= 0.3 is 5.97 Å². The van der Waals surface area contributed by atoms with Crippen LogP contribution >= 0.6 is 0 Å². The number of hydrogen-bond acceptors (Lipinski definition) is 3. The van der Waals surface area contributed by atoms with Crippen LogP contribution in [0.4, 0.5) is 0 Å². The SMILES string of the molecule is C=CCOC(=O)CC(=O)/C=C/CCCC. The van der Waals surface area contributed by atoms with Crippen LogP contribution in [0.25, 0.3) is 0 Å². The van der Waals surface area contributed by atoms with E-state index < -0.39 is 5.97 Å². The lowest BCUT2D eigenvalue weighted by molar-refractivity contribution is -0.144. The van der Waals surface area contributed by atoms with Gasteiger partial charge in [-0.15, -0.1) is 0 Å². The van der Waals surface area contributed by atoms with Gasteiger partial charge in [-0.3, -0.25) is 9.59 Å². The molecule has 0 atom stereocenters. The predicted octanol–water partition coefficient (Wildman–Crippen LogP) is 2.42. The highest BCUT2D eigenvalue weighted by atomic mass is 16.5. The van der Waals surface area contributed by atoms with Gasteiger partial charge < -0.3 is 4.74 Å². The van der Waals surface area contributed by atoms with Crippen LogP contribution in [0.15, 0.2) is 24.8 Å². The third kappa shape index (κ3) is 8.94. The Morgan fingerprint density at radius 1 is 1.40 bits per heavy atom. The van der Waals surface area contributed by atoms with E-state index in [0.29, 0.717) is 0 Å². The third-order valence-electron chi connectivity index (χ3n) is 1.71. The largest absolute Gasteiger partial charge is 0.461 e. The number of ether oxygens (including phenoxy) is 1. The van der Waals surface area contributed by atoms with Gasteiger partial charge in [-0.05, 0) is 12.5 Å². The Labute approximate surface area is 90.8 Å². The molecule has 3 heteroatoms. The molecule has 0 bridgehead atoms. The molecule has 0 amide bonds. The highest BCUT2D eigenvalue weighted by molar-refractivity contribution is 6.01. The quantitative estimate of drug-likeness (QED) is 0.203. The number of ketones is 1. The predicted molar refractivity (Wildman–Crippen MR) is 59.4 cm³/mol. The average molecular weight is 210 g/mol. The summed E-state index contributed by atoms with van der Waals surface area (Å²) in [5.41, 5.74) is 0. The second-order valence-electron chi connectivity index (χ2n) is 3.16. The van der Waals surface area contributed by atoms with Gasteiger partial charge in [-0.25, -0.2) is 0 Å². The molecule has 0 radical (unpaired) electrons. The van der Waals surface area contributed by atoms with E-state index >= 15 is 0 Å². The Hall–Kier alpha value is -1.38. The molecule has 0 aliphatic rings. The molecule has 0 aliphatic carbocycles. The van der Waals surface area contributed by atoms with Crippen LogP contribution in [-0.4, -0.2) is 18.4 Å². The minimum absolute atomic E-state index is 0.158. The molecule has 0 aromatic rings. The van der Waals surface area contributed by atoms with Crippen molar-refractivity contribution in [2.24, 2.45) is 0 Å². The van der Waals surface area contributed by atoms with E-state index in [4.69, 9.17) is 0 Å². The van der Waals surface area contributed by atoms with Crippen molar-refractivity contribution < 1.29 is 14.3 Å². The Morgan fingerprint density at radius 3 is 2.73 bits per heavy atom. The van der Waals surface area contributed by atoms with E-state index in [9.17, 15) is 9.59 Å². The number of carbonyl (C=O) groups excluding carboxylic acids is 2. The molecule has 0 N–H and O–H groups in total. The van der Waals surface area contributed by atoms with Crippen LogP contribution in [0.2, 0.25) is 0 Å². The summed E-state index contributed by atoms with van der Waals surface area (Å²) in [5, 5.41) is 0. The lowest BCUT2D eigenvalue weighted by Crippen LogP contribution is -2.09. The van der Waals surface area contributed by atoms with Gasteiger partial charge in [0.15, 0.2) is 5.78 Å². The van der Waals surface area contributed by atoms with Crippen molar-refractivity contribution >= 4 is 11.8 Å². The van der Waals surface area contributed by atoms with E-state index in [2.05, 4.69) is 18.2 Å². The van der Waals surface area contributed by atoms with E-state index in [1.165, 1.54) is 12.2 Å². The highest BCUT2D eigenvalue weighted by Gasteiger charge is 2.06. The number of rotatable bonds is 8. The van der Waals surface area contributed by atoms with Gasteiger partial charge in [0.1, 0.15) is 13.0 Å². The molecule has 0 rings (SSSR count). The molecule has 0 spiro atoms. The second kappa shape index (κ2) is 9.19. The number of hydrogen-bond donors (Lipinski definition) is 0. The molecule has 0 saturated carbocycles. The summed E-state index contributed by atoms with van der Waals surface area (Å²) in [7, 11) is 0. The highest BCUT2D eigenvalue weighted by Crippen LogP contribution is 1.97. The summed E-state index contributed by atoms with van der Waals surface area (Å²) >= 11 is 0. The van der Waals surface area contributed by atoms with Crippen LogP contribution in [0.1, 0.15) is 32.6 Å². The smallest absolute Gasteiger partial charge is 0.313 e. The third-order valence-corrected chi connectivity index (χ3v) is 1.71. The van der Waals surface area contributed by atoms with Gasteiger partial charge in [-0.1, -0.05) is 38.5 Å². The summed E-state index contributed by atoms with van der Waals surface area (Å²) in [4.78, 5) is 22.1. The lowest BCUT2D eigenvalue weighted by Gasteiger charge is -1.98. The van der Waals surface area contributed by atoms with Crippen molar-refractivity contribution in [3.63, 3.8) is 0 Å². The molecule has 0 aromatic heterocycles. The zero-order chi connectivity index (χ0) is 11.5. The Kier molecular flexibility index (Phi) is 8.34. The monoisotopic (exact) mass is 210 g/mol. The molecule has 3 nitrogen and oxygen atoms in total. The van der Waals surface area contributed by atoms with Crippen molar-refractivity contribution in [3.8, 4) is 0 Å². The molecule has 0 unspecified atom stereocenters. The fraction of sp³-hybridized carbons (Fsp3) is 0.500. The van der Waals surface area contributed by atoms with Crippen molar-refractivity contribution in [2.45, 2.75) is 32.6 Å². The molecular weight excluding hydrogens is 192 g/mol. The molecular formula is C12H18O3. The fourth-order valence-electron chi connectivity index (χ4n) is 0.941. The molecule has 0 aromatic carbocycles. The maximum atomic E-state index is 11.2. The van der Waals surface area contributed by atoms with Crippen molar-refractivity contribution in [3.05, 3.63) is 24.8 Å². The summed E-state index contributed by atoms with van der Waals surface area (Å²) in [5.74, 6) is -0.708. The summed E-state index contributed by atoms with van der Waals surface area (Å²) in [6.45, 7) is 5.65. The maximum absolute atomic E-state index is 11.2. The van der Waals surface area contributed by atoms with Crippen molar-refractivity contribution in [2.75, 3.05) is 6.61 Å². The van der Waals surface area contributed by atoms with Gasteiger partial charge in [0.05, 0.1) is 0 Å². The summed E-state index contributed by atoms with van der Waals surface area (Å²) < 4.78 is 4.68. The number of unbranched alkanes of at least 4 members (excludes halogenated alkanes) is 2. The van der Waals surface area contributed by atoms with Crippen LogP contribution < -0.4 is 0 Å². The molecule has 15 heavy (non-hydrogen) atoms. The number of allylic oxidation sites excluding steroid dienone is 2. The second-order valence-corrected chi connectivity index (χ2v) is 3.16. The van der Waals surface area contributed by atoms with Gasteiger partial charge in [-0.2, -0.15) is 0 Å². The Balaban J connectivity index is 3.67. The van der Waals surface area contributed by atoms with Crippen LogP contribution in [-0.2, 0) is 14.3 Å². The lowest BCUT2D eigenvalue weighted by atomic mass is 10.2. The first-order valence-corrected chi connectivity index (χ1v) is 5.16. The van der Waals surface area contributed by atoms with Gasteiger partial charge in [0.2, 0.25) is 0 Å². The van der Waals surface area contributed by atoms with E-state index in [0.717, 1.165) is 19.3 Å². The average Bonchev–Trinajstić information content (AvgIpc) is 2.21. The van der Waals surface area contributed by atoms with Crippen LogP contribution in [0, 0.1) is 0 Å². The number of esters is 1. The molecule has 0 aliphatic heterocycles. The Bertz CT molecular complexity index is 241. The van der Waals surface area contributed by atoms with Crippen molar-refractivity contribution in [1.82, 2.24) is 0 Å². The number of carbonyl (C=O) groups is 2. The summed E-state index contributed by atoms with van der Waals surface area (Å²) in [6.07, 6.45) is 7.57. The fourth-order valence-corrected chi connectivity index (χ4v) is 0.941. The Morgan fingerprint density at radius 2 is 2.13 bits per heavy atom. The van der Waals surface area contributed by atoms with Crippen LogP contribution in [0.5, 0.6) is 0 Å². The van der Waals surface area contributed by atoms with E-state index in [1.54, 1.807) is 6.08 Å². The normalized spacial score (nSPS) is 10.2. The van der Waals surface area contributed by atoms with Gasteiger partial charge in [0, 0.05) is 0 Å². The molecule has 84 valence electrons. The minimum atomic E-state index is -0.500. The summed E-state index contributed by atoms with van der Waals surface area (Å²) in [6, 6.07) is 0. The molecule has 0 heterocycles. The molecule has 0 saturated heterocycles. The topological polar surface area (TPSA) is 43.4 Å². The van der Waals surface area contributed by atoms with Gasteiger partial charge in [0.25, 0.3) is 0 Å². The first-order valence-electron chi connectivity index (χ1n) is 5.16. The first-order chi connectivity index (χ1) is 7.20. The van der Waals surface area contributed by atoms with E-state index in [1.807, 2.05) is 0 Å². The zero-order valence-corrected chi connectivity index (χ0v) is 9.20. The van der Waals surface area contributed by atoms with Crippen LogP contribution in [0.3, 0.4) is 0 Å². The van der Waals surface area contributed by atoms with E-state index in [-0.39, 0.29) is 18.8 Å². The zero-order valence-electron chi connectivity index (χ0n) is 9.20.